The molecule has 1 aromatic carbocycles. The first-order valence-corrected chi connectivity index (χ1v) is 7.35. The van der Waals surface area contributed by atoms with E-state index >= 15 is 0 Å². The van der Waals surface area contributed by atoms with Gasteiger partial charge in [-0.2, -0.15) is 0 Å². The highest BCUT2D eigenvalue weighted by Gasteiger charge is 2.15. The highest BCUT2D eigenvalue weighted by Crippen LogP contribution is 2.38. The van der Waals surface area contributed by atoms with Gasteiger partial charge in [0.25, 0.3) is 0 Å². The molecular formula is C19H24N2O3. The number of ether oxygens (including phenoxy) is 1. The molecule has 0 aliphatic rings. The number of aliphatic imine (C=N–C) groups is 1. The van der Waals surface area contributed by atoms with Crippen molar-refractivity contribution in [2.45, 2.75) is 6.92 Å². The number of benzene rings is 1. The molecule has 0 unspecified atom stereocenters. The SMILES string of the molecule is C=Nc1cc(-c2ccc(C=O)cc2OC)oc1C(=C)C.CN(C)C. The Bertz CT molecular complexity index is 727. The van der Waals surface area contributed by atoms with Crippen molar-refractivity contribution in [2.75, 3.05) is 28.3 Å². The van der Waals surface area contributed by atoms with Crippen LogP contribution in [0.15, 0.2) is 40.3 Å². The van der Waals surface area contributed by atoms with Gasteiger partial charge in [-0.3, -0.25) is 9.79 Å². The minimum absolute atomic E-state index is 0.541. The second-order valence-corrected chi connectivity index (χ2v) is 5.68. The lowest BCUT2D eigenvalue weighted by atomic mass is 10.1. The minimum atomic E-state index is 0.541. The van der Waals surface area contributed by atoms with Gasteiger partial charge < -0.3 is 14.1 Å². The molecule has 0 aliphatic heterocycles. The van der Waals surface area contributed by atoms with Crippen molar-refractivity contribution in [1.82, 2.24) is 4.90 Å². The van der Waals surface area contributed by atoms with Crippen molar-refractivity contribution in [2.24, 2.45) is 4.99 Å². The number of nitrogens with zero attached hydrogens (tertiary/aromatic N) is 2. The van der Waals surface area contributed by atoms with Crippen LogP contribution in [-0.2, 0) is 0 Å². The van der Waals surface area contributed by atoms with Crippen LogP contribution in [0.1, 0.15) is 23.0 Å². The molecule has 5 heteroatoms. The van der Waals surface area contributed by atoms with Crippen LogP contribution in [0.25, 0.3) is 16.9 Å². The molecule has 0 aliphatic carbocycles. The third kappa shape index (κ3) is 4.93. The van der Waals surface area contributed by atoms with E-state index in [0.717, 1.165) is 17.4 Å². The summed E-state index contributed by atoms with van der Waals surface area (Å²) in [5.74, 6) is 1.75. The lowest BCUT2D eigenvalue weighted by molar-refractivity contribution is 0.112. The Hall–Kier alpha value is -2.66. The van der Waals surface area contributed by atoms with Crippen LogP contribution in [-0.4, -0.2) is 46.2 Å². The Morgan fingerprint density at radius 3 is 2.33 bits per heavy atom. The zero-order chi connectivity index (χ0) is 18.3. The second kappa shape index (κ2) is 8.84. The van der Waals surface area contributed by atoms with E-state index in [2.05, 4.69) is 18.3 Å². The summed E-state index contributed by atoms with van der Waals surface area (Å²) in [5, 5.41) is 0. The zero-order valence-corrected chi connectivity index (χ0v) is 14.9. The smallest absolute Gasteiger partial charge is 0.155 e. The number of carbonyl (C=O) groups is 1. The number of allylic oxidation sites excluding steroid dienone is 1. The van der Waals surface area contributed by atoms with Crippen molar-refractivity contribution in [1.29, 1.82) is 0 Å². The summed E-state index contributed by atoms with van der Waals surface area (Å²) >= 11 is 0. The van der Waals surface area contributed by atoms with Gasteiger partial charge >= 0.3 is 0 Å². The molecule has 0 radical (unpaired) electrons. The number of rotatable bonds is 5. The van der Waals surface area contributed by atoms with E-state index in [9.17, 15) is 4.79 Å². The first kappa shape index (κ1) is 19.4. The molecular weight excluding hydrogens is 304 g/mol. The number of methoxy groups -OCH3 is 1. The topological polar surface area (TPSA) is 55.0 Å². The largest absolute Gasteiger partial charge is 0.496 e. The molecule has 0 spiro atoms. The Kier molecular flexibility index (Phi) is 7.14. The van der Waals surface area contributed by atoms with Gasteiger partial charge in [-0.15, -0.1) is 0 Å². The fourth-order valence-electron chi connectivity index (χ4n) is 1.92. The molecule has 24 heavy (non-hydrogen) atoms. The van der Waals surface area contributed by atoms with E-state index in [4.69, 9.17) is 9.15 Å². The van der Waals surface area contributed by atoms with Crippen LogP contribution >= 0.6 is 0 Å². The summed E-state index contributed by atoms with van der Waals surface area (Å²) in [7, 11) is 7.54. The summed E-state index contributed by atoms with van der Waals surface area (Å²) in [6.45, 7) is 9.21. The third-order valence-electron chi connectivity index (χ3n) is 2.90. The number of carbonyl (C=O) groups excluding carboxylic acids is 1. The first-order chi connectivity index (χ1) is 11.3. The second-order valence-electron chi connectivity index (χ2n) is 5.68. The summed E-state index contributed by atoms with van der Waals surface area (Å²) < 4.78 is 11.1. The molecule has 0 amide bonds. The maximum Gasteiger partial charge on any atom is 0.155 e. The first-order valence-electron chi connectivity index (χ1n) is 7.35. The normalized spacial score (nSPS) is 9.92. The van der Waals surface area contributed by atoms with Crippen LogP contribution < -0.4 is 4.74 Å². The Balaban J connectivity index is 0.000000648. The predicted molar refractivity (Wildman–Crippen MR) is 99.6 cm³/mol. The molecule has 5 nitrogen and oxygen atoms in total. The Labute approximate surface area is 143 Å². The maximum atomic E-state index is 10.8. The van der Waals surface area contributed by atoms with Gasteiger partial charge in [-0.05, 0) is 52.5 Å². The summed E-state index contributed by atoms with van der Waals surface area (Å²) in [4.78, 5) is 16.7. The summed E-state index contributed by atoms with van der Waals surface area (Å²) in [5.41, 5.74) is 2.69. The van der Waals surface area contributed by atoms with Gasteiger partial charge in [-0.1, -0.05) is 12.6 Å². The van der Waals surface area contributed by atoms with Crippen molar-refractivity contribution in [3.8, 4) is 17.1 Å². The Morgan fingerprint density at radius 1 is 1.29 bits per heavy atom. The fraction of sp³-hybridized carbons (Fsp3) is 0.263. The summed E-state index contributed by atoms with van der Waals surface area (Å²) in [6.07, 6.45) is 0.768. The van der Waals surface area contributed by atoms with Crippen molar-refractivity contribution in [3.05, 3.63) is 42.2 Å². The molecule has 2 rings (SSSR count). The predicted octanol–water partition coefficient (Wildman–Crippen LogP) is 4.31. The maximum absolute atomic E-state index is 10.8. The molecule has 0 saturated heterocycles. The van der Waals surface area contributed by atoms with Crippen molar-refractivity contribution < 1.29 is 13.9 Å². The molecule has 0 atom stereocenters. The molecule has 2 aromatic rings. The van der Waals surface area contributed by atoms with Crippen LogP contribution in [0, 0.1) is 0 Å². The number of furan rings is 1. The highest BCUT2D eigenvalue weighted by molar-refractivity contribution is 5.81. The Morgan fingerprint density at radius 2 is 1.92 bits per heavy atom. The van der Waals surface area contributed by atoms with Crippen LogP contribution in [0.4, 0.5) is 5.69 Å². The molecule has 128 valence electrons. The van der Waals surface area contributed by atoms with Crippen LogP contribution in [0.2, 0.25) is 0 Å². The van der Waals surface area contributed by atoms with Crippen molar-refractivity contribution >= 4 is 24.3 Å². The molecule has 0 bridgehead atoms. The molecule has 1 heterocycles. The van der Waals surface area contributed by atoms with Gasteiger partial charge in [0, 0.05) is 11.6 Å². The lowest BCUT2D eigenvalue weighted by Gasteiger charge is -2.06. The average molecular weight is 328 g/mol. The van der Waals surface area contributed by atoms with E-state index in [1.165, 1.54) is 0 Å². The van der Waals surface area contributed by atoms with E-state index in [0.29, 0.717) is 28.5 Å². The number of hydrogen-bond acceptors (Lipinski definition) is 5. The van der Waals surface area contributed by atoms with E-state index < -0.39 is 0 Å². The quantitative estimate of drug-likeness (QED) is 0.606. The molecule has 0 fully saturated rings. The van der Waals surface area contributed by atoms with Gasteiger partial charge in [0.15, 0.2) is 5.76 Å². The molecule has 0 N–H and O–H groups in total. The number of aldehydes is 1. The molecule has 1 aromatic heterocycles. The standard InChI is InChI=1S/C16H15NO3.C3H9N/c1-10(2)16-13(17-3)8-15(20-16)12-6-5-11(9-18)7-14(12)19-4;1-4(2)3/h5-9H,1,3H2,2,4H3;1-3H3. The lowest BCUT2D eigenvalue weighted by Crippen LogP contribution is -1.99. The average Bonchev–Trinajstić information content (AvgIpc) is 2.98. The van der Waals surface area contributed by atoms with E-state index in [1.54, 1.807) is 31.4 Å². The van der Waals surface area contributed by atoms with Gasteiger partial charge in [-0.25, -0.2) is 0 Å². The van der Waals surface area contributed by atoms with Gasteiger partial charge in [0.1, 0.15) is 23.5 Å². The van der Waals surface area contributed by atoms with E-state index in [-0.39, 0.29) is 0 Å². The third-order valence-corrected chi connectivity index (χ3v) is 2.90. The van der Waals surface area contributed by atoms with Crippen LogP contribution in [0.5, 0.6) is 5.75 Å². The summed E-state index contributed by atoms with van der Waals surface area (Å²) in [6, 6.07) is 6.91. The zero-order valence-electron chi connectivity index (χ0n) is 14.9. The number of hydrogen-bond donors (Lipinski definition) is 0. The van der Waals surface area contributed by atoms with Gasteiger partial charge in [0.05, 0.1) is 12.7 Å². The molecule has 0 saturated carbocycles. The fourth-order valence-corrected chi connectivity index (χ4v) is 1.92. The van der Waals surface area contributed by atoms with E-state index in [1.807, 2.05) is 33.0 Å². The van der Waals surface area contributed by atoms with Crippen molar-refractivity contribution in [3.63, 3.8) is 0 Å². The monoisotopic (exact) mass is 328 g/mol. The minimum Gasteiger partial charge on any atom is -0.496 e. The van der Waals surface area contributed by atoms with Gasteiger partial charge in [0.2, 0.25) is 0 Å². The van der Waals surface area contributed by atoms with Crippen LogP contribution in [0.3, 0.4) is 0 Å². The highest BCUT2D eigenvalue weighted by atomic mass is 16.5.